The zero-order valence-electron chi connectivity index (χ0n) is 20.1. The van der Waals surface area contributed by atoms with Crippen molar-refractivity contribution in [3.05, 3.63) is 179 Å². The van der Waals surface area contributed by atoms with E-state index in [9.17, 15) is 0 Å². The third kappa shape index (κ3) is 3.01. The van der Waals surface area contributed by atoms with E-state index >= 15 is 0 Å². The van der Waals surface area contributed by atoms with Crippen LogP contribution in [0.4, 0.5) is 0 Å². The van der Waals surface area contributed by atoms with E-state index in [0.29, 0.717) is 0 Å². The average molecular weight is 459 g/mol. The highest BCUT2D eigenvalue weighted by molar-refractivity contribution is 6.32. The molecule has 0 heterocycles. The lowest BCUT2D eigenvalue weighted by atomic mass is 9.55. The van der Waals surface area contributed by atoms with Crippen molar-refractivity contribution in [2.75, 3.05) is 0 Å². The van der Waals surface area contributed by atoms with Crippen LogP contribution in [-0.2, 0) is 11.8 Å². The van der Waals surface area contributed by atoms with Crippen LogP contribution in [0.3, 0.4) is 0 Å². The van der Waals surface area contributed by atoms with Crippen LogP contribution in [0.5, 0.6) is 0 Å². The van der Waals surface area contributed by atoms with Gasteiger partial charge < -0.3 is 0 Å². The molecule has 0 nitrogen and oxygen atoms in total. The Bertz CT molecular complexity index is 1510. The second kappa shape index (κ2) is 8.36. The SMILES string of the molecule is c1ccc(C2=C(c3ccccc3)C3(Cc4ccccc43)C(c3ccccc3)=C2c2ccccc2)cc1. The molecule has 0 bridgehead atoms. The minimum absolute atomic E-state index is 0.199. The summed E-state index contributed by atoms with van der Waals surface area (Å²) in [6.07, 6.45) is 1.00. The van der Waals surface area contributed by atoms with E-state index in [1.165, 1.54) is 55.7 Å². The molecule has 36 heavy (non-hydrogen) atoms. The van der Waals surface area contributed by atoms with Crippen LogP contribution in [0.2, 0.25) is 0 Å². The molecule has 7 rings (SSSR count). The summed E-state index contributed by atoms with van der Waals surface area (Å²) < 4.78 is 0. The molecule has 0 heteroatoms. The van der Waals surface area contributed by atoms with Crippen molar-refractivity contribution in [1.82, 2.24) is 0 Å². The standard InChI is InChI=1S/C36H26/c1-5-15-26(16-6-1)32-33(27-17-7-2-8-18-27)35(29-21-11-4-12-22-29)36(25-30-23-13-14-24-31(30)36)34(32)28-19-9-3-10-20-28/h1-24H,25H2. The number of fused-ring (bicyclic) bond motifs is 2. The van der Waals surface area contributed by atoms with Gasteiger partial charge in [-0.05, 0) is 62.1 Å². The Hall–Kier alpha value is -4.42. The minimum atomic E-state index is -0.199. The Morgan fingerprint density at radius 1 is 0.361 bits per heavy atom. The Balaban J connectivity index is 1.68. The maximum atomic E-state index is 2.35. The smallest absolute Gasteiger partial charge is 0.0518 e. The van der Waals surface area contributed by atoms with Crippen LogP contribution in [-0.4, -0.2) is 0 Å². The molecule has 0 aliphatic heterocycles. The molecular weight excluding hydrogens is 432 g/mol. The van der Waals surface area contributed by atoms with Gasteiger partial charge in [-0.25, -0.2) is 0 Å². The van der Waals surface area contributed by atoms with E-state index in [1.54, 1.807) is 0 Å². The summed E-state index contributed by atoms with van der Waals surface area (Å²) in [4.78, 5) is 0. The van der Waals surface area contributed by atoms with Gasteiger partial charge in [0.1, 0.15) is 0 Å². The Labute approximate surface area is 212 Å². The molecule has 170 valence electrons. The summed E-state index contributed by atoms with van der Waals surface area (Å²) in [5.41, 5.74) is 13.3. The third-order valence-corrected chi connectivity index (χ3v) is 7.79. The van der Waals surface area contributed by atoms with Gasteiger partial charge >= 0.3 is 0 Å². The van der Waals surface area contributed by atoms with Crippen molar-refractivity contribution in [1.29, 1.82) is 0 Å². The van der Waals surface area contributed by atoms with Gasteiger partial charge in [0.2, 0.25) is 0 Å². The fourth-order valence-corrected chi connectivity index (χ4v) is 6.39. The van der Waals surface area contributed by atoms with E-state index in [1.807, 2.05) is 0 Å². The first kappa shape index (κ1) is 20.9. The highest BCUT2D eigenvalue weighted by Gasteiger charge is 2.55. The van der Waals surface area contributed by atoms with Crippen molar-refractivity contribution in [2.45, 2.75) is 11.8 Å². The number of benzene rings is 5. The number of hydrogen-bond acceptors (Lipinski definition) is 0. The van der Waals surface area contributed by atoms with Gasteiger partial charge in [0.25, 0.3) is 0 Å². The molecule has 2 aliphatic rings. The third-order valence-electron chi connectivity index (χ3n) is 7.79. The maximum Gasteiger partial charge on any atom is 0.0518 e. The maximum absolute atomic E-state index is 2.35. The van der Waals surface area contributed by atoms with Gasteiger partial charge in [-0.1, -0.05) is 146 Å². The first-order chi connectivity index (χ1) is 17.9. The summed E-state index contributed by atoms with van der Waals surface area (Å²) >= 11 is 0. The average Bonchev–Trinajstić information content (AvgIpc) is 3.28. The molecule has 2 aliphatic carbocycles. The van der Waals surface area contributed by atoms with Gasteiger partial charge in [-0.15, -0.1) is 0 Å². The fraction of sp³-hybridized carbons (Fsp3) is 0.0556. The molecule has 5 aromatic rings. The zero-order chi connectivity index (χ0) is 24.0. The lowest BCUT2D eigenvalue weighted by molar-refractivity contribution is 0.623. The molecule has 1 spiro atoms. The number of allylic oxidation sites excluding steroid dienone is 4. The number of hydrogen-bond donors (Lipinski definition) is 0. The van der Waals surface area contributed by atoms with Crippen LogP contribution < -0.4 is 0 Å². The molecule has 0 saturated carbocycles. The largest absolute Gasteiger partial charge is 0.0622 e. The van der Waals surface area contributed by atoms with E-state index in [4.69, 9.17) is 0 Å². The van der Waals surface area contributed by atoms with E-state index in [2.05, 4.69) is 146 Å². The van der Waals surface area contributed by atoms with Gasteiger partial charge in [0, 0.05) is 0 Å². The van der Waals surface area contributed by atoms with Crippen molar-refractivity contribution < 1.29 is 0 Å². The molecule has 0 atom stereocenters. The second-order valence-corrected chi connectivity index (χ2v) is 9.70. The molecule has 0 N–H and O–H groups in total. The summed E-state index contributed by atoms with van der Waals surface area (Å²) in [5, 5.41) is 0. The van der Waals surface area contributed by atoms with Crippen LogP contribution in [0.1, 0.15) is 33.4 Å². The van der Waals surface area contributed by atoms with Crippen molar-refractivity contribution in [3.8, 4) is 0 Å². The molecule has 5 aromatic carbocycles. The Morgan fingerprint density at radius 3 is 1.14 bits per heavy atom. The molecule has 0 radical (unpaired) electrons. The molecule has 0 aromatic heterocycles. The van der Waals surface area contributed by atoms with E-state index in [0.717, 1.165) is 6.42 Å². The Morgan fingerprint density at radius 2 is 0.722 bits per heavy atom. The summed E-state index contributed by atoms with van der Waals surface area (Å²) in [6, 6.07) is 53.1. The highest BCUT2D eigenvalue weighted by atomic mass is 14.6. The summed E-state index contributed by atoms with van der Waals surface area (Å²) in [6.45, 7) is 0. The summed E-state index contributed by atoms with van der Waals surface area (Å²) in [7, 11) is 0. The van der Waals surface area contributed by atoms with Crippen molar-refractivity contribution in [3.63, 3.8) is 0 Å². The van der Waals surface area contributed by atoms with E-state index < -0.39 is 0 Å². The quantitative estimate of drug-likeness (QED) is 0.253. The first-order valence-electron chi connectivity index (χ1n) is 12.7. The van der Waals surface area contributed by atoms with Gasteiger partial charge in [-0.3, -0.25) is 0 Å². The highest BCUT2D eigenvalue weighted by Crippen LogP contribution is 2.67. The van der Waals surface area contributed by atoms with Crippen LogP contribution in [0.25, 0.3) is 22.3 Å². The van der Waals surface area contributed by atoms with Crippen molar-refractivity contribution >= 4 is 22.3 Å². The predicted molar refractivity (Wildman–Crippen MR) is 151 cm³/mol. The topological polar surface area (TPSA) is 0 Å². The molecular formula is C36H26. The monoisotopic (exact) mass is 458 g/mol. The normalized spacial score (nSPS) is 15.7. The van der Waals surface area contributed by atoms with Gasteiger partial charge in [-0.2, -0.15) is 0 Å². The molecule has 0 amide bonds. The lowest BCUT2D eigenvalue weighted by Crippen LogP contribution is -2.40. The first-order valence-corrected chi connectivity index (χ1v) is 12.7. The summed E-state index contributed by atoms with van der Waals surface area (Å²) in [5.74, 6) is 0. The molecule has 0 saturated heterocycles. The predicted octanol–water partition coefficient (Wildman–Crippen LogP) is 8.72. The molecule has 0 fully saturated rings. The van der Waals surface area contributed by atoms with Crippen LogP contribution in [0, 0.1) is 0 Å². The molecule has 0 unspecified atom stereocenters. The minimum Gasteiger partial charge on any atom is -0.0622 e. The lowest BCUT2D eigenvalue weighted by Gasteiger charge is -2.46. The fourth-order valence-electron chi connectivity index (χ4n) is 6.39. The van der Waals surface area contributed by atoms with Crippen molar-refractivity contribution in [2.24, 2.45) is 0 Å². The van der Waals surface area contributed by atoms with Gasteiger partial charge in [0.15, 0.2) is 0 Å². The number of rotatable bonds is 4. The van der Waals surface area contributed by atoms with Crippen LogP contribution in [0.15, 0.2) is 146 Å². The zero-order valence-corrected chi connectivity index (χ0v) is 20.1. The van der Waals surface area contributed by atoms with E-state index in [-0.39, 0.29) is 5.41 Å². The van der Waals surface area contributed by atoms with Gasteiger partial charge in [0.05, 0.1) is 5.41 Å². The Kier molecular flexibility index (Phi) is 4.85. The second-order valence-electron chi connectivity index (χ2n) is 9.70. The van der Waals surface area contributed by atoms with Crippen LogP contribution >= 0.6 is 0 Å².